The Morgan fingerprint density at radius 3 is 2.56 bits per heavy atom. The molecule has 3 rings (SSSR count). The van der Waals surface area contributed by atoms with Crippen LogP contribution in [0, 0.1) is 21.4 Å². The number of nitro groups is 1. The van der Waals surface area contributed by atoms with Crippen molar-refractivity contribution in [3.05, 3.63) is 63.2 Å². The summed E-state index contributed by atoms with van der Waals surface area (Å²) in [6, 6.07) is 11.6. The quantitative estimate of drug-likeness (QED) is 0.376. The third kappa shape index (κ3) is 3.88. The Bertz CT molecular complexity index is 974. The first-order chi connectivity index (χ1) is 13.0. The summed E-state index contributed by atoms with van der Waals surface area (Å²) in [7, 11) is 0. The molecule has 2 aromatic carbocycles. The fourth-order valence-corrected chi connectivity index (χ4v) is 2.55. The smallest absolute Gasteiger partial charge is 0.280 e. The number of benzene rings is 2. The van der Waals surface area contributed by atoms with E-state index in [2.05, 4.69) is 5.32 Å². The van der Waals surface area contributed by atoms with E-state index in [1.54, 1.807) is 18.2 Å². The van der Waals surface area contributed by atoms with Crippen LogP contribution < -0.4 is 14.8 Å². The summed E-state index contributed by atoms with van der Waals surface area (Å²) < 4.78 is 10.3. The van der Waals surface area contributed by atoms with Gasteiger partial charge in [-0.15, -0.1) is 0 Å². The van der Waals surface area contributed by atoms with E-state index in [0.29, 0.717) is 11.4 Å². The van der Waals surface area contributed by atoms with Crippen LogP contribution in [0.25, 0.3) is 6.08 Å². The van der Waals surface area contributed by atoms with Crippen molar-refractivity contribution in [3.63, 3.8) is 0 Å². The molecule has 0 aliphatic carbocycles. The number of hydrogen-bond acceptors (Lipinski definition) is 6. The number of fused-ring (bicyclic) bond motifs is 1. The van der Waals surface area contributed by atoms with Gasteiger partial charge < -0.3 is 14.8 Å². The molecule has 0 atom stereocenters. The highest BCUT2D eigenvalue weighted by Crippen LogP contribution is 2.38. The van der Waals surface area contributed by atoms with Crippen molar-refractivity contribution in [2.24, 2.45) is 0 Å². The zero-order chi connectivity index (χ0) is 19.4. The van der Waals surface area contributed by atoms with Crippen molar-refractivity contribution in [2.75, 3.05) is 12.1 Å². The van der Waals surface area contributed by atoms with E-state index in [1.165, 1.54) is 12.1 Å². The molecule has 1 amide bonds. The molecule has 136 valence electrons. The van der Waals surface area contributed by atoms with Gasteiger partial charge in [-0.1, -0.05) is 19.1 Å². The Hall–Kier alpha value is -3.86. The minimum atomic E-state index is -0.659. The maximum atomic E-state index is 12.4. The summed E-state index contributed by atoms with van der Waals surface area (Å²) in [6.07, 6.45) is 2.03. The standard InChI is InChI=1S/C19H15N3O5/c1-2-12-3-5-15(6-4-12)21-19(23)14(10-20)7-13-8-17-18(27-11-26-17)9-16(13)22(24)25/h3-9H,2,11H2,1H3,(H,21,23)/b14-7+. The van der Waals surface area contributed by atoms with Gasteiger partial charge in [0.1, 0.15) is 11.6 Å². The van der Waals surface area contributed by atoms with Gasteiger partial charge in [0.15, 0.2) is 11.5 Å². The Morgan fingerprint density at radius 2 is 1.96 bits per heavy atom. The van der Waals surface area contributed by atoms with E-state index in [4.69, 9.17) is 9.47 Å². The monoisotopic (exact) mass is 365 g/mol. The zero-order valence-electron chi connectivity index (χ0n) is 14.4. The Balaban J connectivity index is 1.90. The number of amides is 1. The van der Waals surface area contributed by atoms with E-state index in [1.807, 2.05) is 19.1 Å². The second kappa shape index (κ2) is 7.58. The van der Waals surface area contributed by atoms with Crippen LogP contribution in [-0.4, -0.2) is 17.6 Å². The first kappa shape index (κ1) is 17.9. The average molecular weight is 365 g/mol. The van der Waals surface area contributed by atoms with Crippen LogP contribution in [0.3, 0.4) is 0 Å². The van der Waals surface area contributed by atoms with Gasteiger partial charge in [0.2, 0.25) is 6.79 Å². The number of aryl methyl sites for hydroxylation is 1. The van der Waals surface area contributed by atoms with Gasteiger partial charge in [-0.25, -0.2) is 0 Å². The Labute approximate surface area is 154 Å². The van der Waals surface area contributed by atoms with Crippen LogP contribution in [0.1, 0.15) is 18.1 Å². The van der Waals surface area contributed by atoms with Crippen molar-refractivity contribution >= 4 is 23.4 Å². The number of ether oxygens (including phenoxy) is 2. The third-order valence-electron chi connectivity index (χ3n) is 4.00. The number of nitrogens with one attached hydrogen (secondary N) is 1. The molecule has 0 unspecified atom stereocenters. The molecule has 1 aliphatic heterocycles. The SMILES string of the molecule is CCc1ccc(NC(=O)/C(C#N)=C/c2cc3c(cc2[N+](=O)[O-])OCO3)cc1. The topological polar surface area (TPSA) is 114 Å². The molecule has 0 saturated carbocycles. The molecular weight excluding hydrogens is 350 g/mol. The largest absolute Gasteiger partial charge is 0.454 e. The number of carbonyl (C=O) groups excluding carboxylic acids is 1. The first-order valence-corrected chi connectivity index (χ1v) is 8.12. The summed E-state index contributed by atoms with van der Waals surface area (Å²) in [5, 5.41) is 23.3. The van der Waals surface area contributed by atoms with Gasteiger partial charge in [-0.05, 0) is 36.3 Å². The second-order valence-electron chi connectivity index (χ2n) is 5.70. The molecule has 0 radical (unpaired) electrons. The first-order valence-electron chi connectivity index (χ1n) is 8.12. The lowest BCUT2D eigenvalue weighted by Gasteiger charge is -2.06. The minimum Gasteiger partial charge on any atom is -0.454 e. The second-order valence-corrected chi connectivity index (χ2v) is 5.70. The van der Waals surface area contributed by atoms with Crippen molar-refractivity contribution in [1.29, 1.82) is 5.26 Å². The van der Waals surface area contributed by atoms with Crippen molar-refractivity contribution in [2.45, 2.75) is 13.3 Å². The van der Waals surface area contributed by atoms with E-state index in [-0.39, 0.29) is 29.4 Å². The maximum absolute atomic E-state index is 12.4. The number of anilines is 1. The van der Waals surface area contributed by atoms with Crippen LogP contribution in [0.2, 0.25) is 0 Å². The summed E-state index contributed by atoms with van der Waals surface area (Å²) >= 11 is 0. The third-order valence-corrected chi connectivity index (χ3v) is 4.00. The van der Waals surface area contributed by atoms with Gasteiger partial charge >= 0.3 is 0 Å². The number of nitriles is 1. The average Bonchev–Trinajstić information content (AvgIpc) is 3.13. The lowest BCUT2D eigenvalue weighted by molar-refractivity contribution is -0.385. The maximum Gasteiger partial charge on any atom is 0.280 e. The number of carbonyl (C=O) groups is 1. The van der Waals surface area contributed by atoms with Crippen molar-refractivity contribution < 1.29 is 19.2 Å². The fraction of sp³-hybridized carbons (Fsp3) is 0.158. The fourth-order valence-electron chi connectivity index (χ4n) is 2.55. The van der Waals surface area contributed by atoms with Crippen LogP contribution in [0.4, 0.5) is 11.4 Å². The highest BCUT2D eigenvalue weighted by Gasteiger charge is 2.23. The normalized spacial score (nSPS) is 12.4. The van der Waals surface area contributed by atoms with Crippen LogP contribution >= 0.6 is 0 Å². The predicted molar refractivity (Wildman–Crippen MR) is 97.3 cm³/mol. The zero-order valence-corrected chi connectivity index (χ0v) is 14.4. The van der Waals surface area contributed by atoms with Gasteiger partial charge in [0.05, 0.1) is 16.6 Å². The molecule has 1 heterocycles. The van der Waals surface area contributed by atoms with Gasteiger partial charge in [-0.2, -0.15) is 5.26 Å². The number of rotatable bonds is 5. The molecule has 0 bridgehead atoms. The highest BCUT2D eigenvalue weighted by atomic mass is 16.7. The molecule has 0 spiro atoms. The summed E-state index contributed by atoms with van der Waals surface area (Å²) in [4.78, 5) is 23.1. The summed E-state index contributed by atoms with van der Waals surface area (Å²) in [5.74, 6) is -0.0914. The predicted octanol–water partition coefficient (Wildman–Crippen LogP) is 3.43. The minimum absolute atomic E-state index is 0.0427. The molecule has 8 heteroatoms. The van der Waals surface area contributed by atoms with Crippen LogP contribution in [0.15, 0.2) is 42.0 Å². The van der Waals surface area contributed by atoms with Crippen molar-refractivity contribution in [1.82, 2.24) is 0 Å². The van der Waals surface area contributed by atoms with E-state index < -0.39 is 10.8 Å². The lowest BCUT2D eigenvalue weighted by atomic mass is 10.1. The molecule has 8 nitrogen and oxygen atoms in total. The van der Waals surface area contributed by atoms with E-state index >= 15 is 0 Å². The molecular formula is C19H15N3O5. The number of hydrogen-bond donors (Lipinski definition) is 1. The van der Waals surface area contributed by atoms with Crippen LogP contribution in [0.5, 0.6) is 11.5 Å². The molecule has 0 fully saturated rings. The van der Waals surface area contributed by atoms with E-state index in [0.717, 1.165) is 18.1 Å². The van der Waals surface area contributed by atoms with Crippen molar-refractivity contribution in [3.8, 4) is 17.6 Å². The van der Waals surface area contributed by atoms with Gasteiger partial charge in [0.25, 0.3) is 11.6 Å². The number of nitro benzene ring substituents is 1. The molecule has 0 aromatic heterocycles. The Kier molecular flexibility index (Phi) is 5.04. The molecule has 1 aliphatic rings. The highest BCUT2D eigenvalue weighted by molar-refractivity contribution is 6.10. The number of nitrogens with zero attached hydrogens (tertiary/aromatic N) is 2. The van der Waals surface area contributed by atoms with E-state index in [9.17, 15) is 20.2 Å². The van der Waals surface area contributed by atoms with Gasteiger partial charge in [0, 0.05) is 5.69 Å². The molecule has 1 N–H and O–H groups in total. The van der Waals surface area contributed by atoms with Gasteiger partial charge in [-0.3, -0.25) is 14.9 Å². The Morgan fingerprint density at radius 1 is 1.30 bits per heavy atom. The lowest BCUT2D eigenvalue weighted by Crippen LogP contribution is -2.13. The molecule has 0 saturated heterocycles. The summed E-state index contributed by atoms with van der Waals surface area (Å²) in [6.45, 7) is 1.97. The molecule has 27 heavy (non-hydrogen) atoms. The summed E-state index contributed by atoms with van der Waals surface area (Å²) in [5.41, 5.74) is 1.17. The molecule has 2 aromatic rings. The van der Waals surface area contributed by atoms with Crippen LogP contribution in [-0.2, 0) is 11.2 Å².